The molecule has 10 heteroatoms. The van der Waals surface area contributed by atoms with Crippen LogP contribution in [0.3, 0.4) is 0 Å². The number of urea groups is 1. The molecule has 3 aliphatic rings. The number of imide groups is 2. The highest BCUT2D eigenvalue weighted by atomic mass is 16.6. The standard InChI is InChI=1S/C19H17N3O7/c1-18(2)7-11(23)13-12(8-18)29-19(15(24)20-17(26)21-16(19)25)14(13)9-4-3-5-10(6-9)22(27)28/h3-6,14H,7-8H2,1-2H3,(H2,20,21,24,25,26). The maximum Gasteiger partial charge on any atom is 0.328 e. The zero-order chi connectivity index (χ0) is 21.1. The molecule has 29 heavy (non-hydrogen) atoms. The number of non-ortho nitro benzene ring substituents is 1. The van der Waals surface area contributed by atoms with Gasteiger partial charge >= 0.3 is 6.03 Å². The van der Waals surface area contributed by atoms with Gasteiger partial charge < -0.3 is 4.74 Å². The normalized spacial score (nSPS) is 24.7. The predicted octanol–water partition coefficient (Wildman–Crippen LogP) is 1.46. The van der Waals surface area contributed by atoms with Crippen LogP contribution in [0, 0.1) is 15.5 Å². The molecule has 1 aromatic rings. The number of carbonyl (C=O) groups excluding carboxylic acids is 4. The molecule has 1 unspecified atom stereocenters. The molecule has 0 radical (unpaired) electrons. The van der Waals surface area contributed by atoms with Crippen molar-refractivity contribution in [1.82, 2.24) is 10.6 Å². The summed E-state index contributed by atoms with van der Waals surface area (Å²) in [6.07, 6.45) is 0.467. The second kappa shape index (κ2) is 5.97. The summed E-state index contributed by atoms with van der Waals surface area (Å²) >= 11 is 0. The van der Waals surface area contributed by atoms with Crippen molar-refractivity contribution in [3.8, 4) is 0 Å². The molecule has 0 saturated carbocycles. The summed E-state index contributed by atoms with van der Waals surface area (Å²) in [4.78, 5) is 60.9. The molecule has 1 spiro atoms. The monoisotopic (exact) mass is 399 g/mol. The fourth-order valence-corrected chi connectivity index (χ4v) is 4.25. The number of hydrogen-bond acceptors (Lipinski definition) is 7. The molecule has 1 atom stereocenters. The molecule has 2 aliphatic heterocycles. The SMILES string of the molecule is CC1(C)CC(=O)C2=C(C1)OC1(C(=O)NC(=O)NC1=O)C2c1cccc([N+](=O)[O-])c1. The predicted molar refractivity (Wildman–Crippen MR) is 96.4 cm³/mol. The van der Waals surface area contributed by atoms with Crippen LogP contribution in [0.15, 0.2) is 35.6 Å². The third kappa shape index (κ3) is 2.71. The fraction of sp³-hybridized carbons (Fsp3) is 0.368. The quantitative estimate of drug-likeness (QED) is 0.435. The van der Waals surface area contributed by atoms with E-state index in [-0.39, 0.29) is 34.8 Å². The van der Waals surface area contributed by atoms with Crippen molar-refractivity contribution in [3.63, 3.8) is 0 Å². The van der Waals surface area contributed by atoms with Gasteiger partial charge in [-0.05, 0) is 11.0 Å². The summed E-state index contributed by atoms with van der Waals surface area (Å²) in [5.41, 5.74) is -2.60. The first-order valence-corrected chi connectivity index (χ1v) is 8.92. The summed E-state index contributed by atoms with van der Waals surface area (Å²) in [7, 11) is 0. The summed E-state index contributed by atoms with van der Waals surface area (Å²) in [5.74, 6) is -3.34. The fourth-order valence-electron chi connectivity index (χ4n) is 4.25. The number of nitro groups is 1. The second-order valence-electron chi connectivity index (χ2n) is 8.14. The topological polar surface area (TPSA) is 145 Å². The molecule has 0 aromatic heterocycles. The van der Waals surface area contributed by atoms with Crippen LogP contribution in [0.5, 0.6) is 0 Å². The molecule has 1 fully saturated rings. The van der Waals surface area contributed by atoms with Crippen LogP contribution in [-0.2, 0) is 19.1 Å². The minimum absolute atomic E-state index is 0.143. The number of hydrogen-bond donors (Lipinski definition) is 2. The van der Waals surface area contributed by atoms with E-state index in [0.29, 0.717) is 6.42 Å². The minimum atomic E-state index is -2.23. The molecule has 1 aliphatic carbocycles. The van der Waals surface area contributed by atoms with Crippen molar-refractivity contribution in [2.45, 2.75) is 38.2 Å². The van der Waals surface area contributed by atoms with E-state index >= 15 is 0 Å². The lowest BCUT2D eigenvalue weighted by Crippen LogP contribution is -2.68. The number of nitro benzene ring substituents is 1. The van der Waals surface area contributed by atoms with Gasteiger partial charge in [0.05, 0.1) is 10.8 Å². The molecule has 0 bridgehead atoms. The number of rotatable bonds is 2. The van der Waals surface area contributed by atoms with Crippen molar-refractivity contribution >= 4 is 29.3 Å². The van der Waals surface area contributed by atoms with E-state index in [1.165, 1.54) is 24.3 Å². The summed E-state index contributed by atoms with van der Waals surface area (Å²) in [6, 6.07) is 4.36. The highest BCUT2D eigenvalue weighted by molar-refractivity contribution is 6.24. The van der Waals surface area contributed by atoms with E-state index in [0.717, 1.165) is 0 Å². The van der Waals surface area contributed by atoms with Crippen LogP contribution >= 0.6 is 0 Å². The lowest BCUT2D eigenvalue weighted by Gasteiger charge is -2.35. The summed E-state index contributed by atoms with van der Waals surface area (Å²) in [5, 5.41) is 15.3. The molecule has 4 amide bonds. The molecule has 2 N–H and O–H groups in total. The Morgan fingerprint density at radius 3 is 2.38 bits per heavy atom. The van der Waals surface area contributed by atoms with E-state index in [9.17, 15) is 29.3 Å². The number of carbonyl (C=O) groups is 4. The zero-order valence-corrected chi connectivity index (χ0v) is 15.6. The third-order valence-electron chi connectivity index (χ3n) is 5.40. The largest absolute Gasteiger partial charge is 0.470 e. The maximum absolute atomic E-state index is 13.0. The van der Waals surface area contributed by atoms with Crippen LogP contribution in [0.1, 0.15) is 38.2 Å². The van der Waals surface area contributed by atoms with Crippen LogP contribution in [0.4, 0.5) is 10.5 Å². The molecule has 4 rings (SSSR count). The van der Waals surface area contributed by atoms with Crippen LogP contribution < -0.4 is 10.6 Å². The maximum atomic E-state index is 13.0. The third-order valence-corrected chi connectivity index (χ3v) is 5.40. The number of Topliss-reactive ketones (excluding diaryl/α,β-unsaturated/α-hetero) is 1. The molecular weight excluding hydrogens is 382 g/mol. The summed E-state index contributed by atoms with van der Waals surface area (Å²) in [6.45, 7) is 3.71. The van der Waals surface area contributed by atoms with Crippen LogP contribution in [0.2, 0.25) is 0 Å². The Morgan fingerprint density at radius 1 is 1.10 bits per heavy atom. The molecule has 10 nitrogen and oxygen atoms in total. The Kier molecular flexibility index (Phi) is 3.87. The van der Waals surface area contributed by atoms with Crippen molar-refractivity contribution < 1.29 is 28.8 Å². The Balaban J connectivity index is 1.94. The first kappa shape index (κ1) is 18.8. The molecule has 1 aromatic carbocycles. The Hall–Kier alpha value is -3.56. The Morgan fingerprint density at radius 2 is 1.76 bits per heavy atom. The number of nitrogens with one attached hydrogen (secondary N) is 2. The first-order valence-electron chi connectivity index (χ1n) is 8.92. The number of barbiturate groups is 1. The van der Waals surface area contributed by atoms with E-state index in [1.54, 1.807) is 0 Å². The average Bonchev–Trinajstić information content (AvgIpc) is 2.95. The van der Waals surface area contributed by atoms with Gasteiger partial charge in [-0.25, -0.2) is 4.79 Å². The van der Waals surface area contributed by atoms with Gasteiger partial charge in [-0.1, -0.05) is 26.0 Å². The number of allylic oxidation sites excluding steroid dienone is 1. The number of benzene rings is 1. The van der Waals surface area contributed by atoms with Gasteiger partial charge in [0.2, 0.25) is 0 Å². The van der Waals surface area contributed by atoms with Crippen molar-refractivity contribution in [2.75, 3.05) is 0 Å². The van der Waals surface area contributed by atoms with Gasteiger partial charge in [0.15, 0.2) is 5.78 Å². The highest BCUT2D eigenvalue weighted by Gasteiger charge is 2.66. The first-order chi connectivity index (χ1) is 13.5. The highest BCUT2D eigenvalue weighted by Crippen LogP contribution is 2.54. The van der Waals surface area contributed by atoms with E-state index in [4.69, 9.17) is 4.74 Å². The molecular formula is C19H17N3O7. The van der Waals surface area contributed by atoms with Crippen LogP contribution in [0.25, 0.3) is 0 Å². The number of nitrogens with zero attached hydrogens (tertiary/aromatic N) is 1. The lowest BCUT2D eigenvalue weighted by molar-refractivity contribution is -0.384. The van der Waals surface area contributed by atoms with Gasteiger partial charge in [0.25, 0.3) is 23.1 Å². The Labute approximate surface area is 164 Å². The molecule has 150 valence electrons. The van der Waals surface area contributed by atoms with Crippen molar-refractivity contribution in [1.29, 1.82) is 0 Å². The van der Waals surface area contributed by atoms with E-state index in [1.807, 2.05) is 24.5 Å². The van der Waals surface area contributed by atoms with E-state index < -0.39 is 39.7 Å². The minimum Gasteiger partial charge on any atom is -0.470 e. The van der Waals surface area contributed by atoms with Gasteiger partial charge in [0.1, 0.15) is 5.76 Å². The van der Waals surface area contributed by atoms with Crippen molar-refractivity contribution in [2.24, 2.45) is 5.41 Å². The second-order valence-corrected chi connectivity index (χ2v) is 8.14. The van der Waals surface area contributed by atoms with Crippen molar-refractivity contribution in [3.05, 3.63) is 51.3 Å². The lowest BCUT2D eigenvalue weighted by atomic mass is 9.69. The molecule has 2 heterocycles. The van der Waals surface area contributed by atoms with Crippen LogP contribution in [-0.4, -0.2) is 34.2 Å². The van der Waals surface area contributed by atoms with E-state index in [2.05, 4.69) is 0 Å². The molecule has 1 saturated heterocycles. The number of amides is 4. The van der Waals surface area contributed by atoms with Gasteiger partial charge in [-0.3, -0.25) is 35.1 Å². The van der Waals surface area contributed by atoms with Gasteiger partial charge in [0, 0.05) is 30.5 Å². The Bertz CT molecular complexity index is 1020. The number of ketones is 1. The number of ether oxygens (including phenoxy) is 1. The van der Waals surface area contributed by atoms with Gasteiger partial charge in [-0.15, -0.1) is 0 Å². The van der Waals surface area contributed by atoms with Gasteiger partial charge in [-0.2, -0.15) is 0 Å². The zero-order valence-electron chi connectivity index (χ0n) is 15.6. The summed E-state index contributed by atoms with van der Waals surface area (Å²) < 4.78 is 5.85. The average molecular weight is 399 g/mol. The smallest absolute Gasteiger partial charge is 0.328 e.